The van der Waals surface area contributed by atoms with E-state index in [0.717, 1.165) is 16.9 Å². The highest BCUT2D eigenvalue weighted by atomic mass is 16.5. The number of nitrogens with zero attached hydrogens (tertiary/aromatic N) is 4. The van der Waals surface area contributed by atoms with Crippen LogP contribution in [0.15, 0.2) is 60.9 Å². The normalized spacial score (nSPS) is 16.2. The quantitative estimate of drug-likeness (QED) is 0.625. The van der Waals surface area contributed by atoms with Gasteiger partial charge >= 0.3 is 0 Å². The van der Waals surface area contributed by atoms with E-state index in [4.69, 9.17) is 9.47 Å². The van der Waals surface area contributed by atoms with Crippen LogP contribution in [0.2, 0.25) is 0 Å². The number of anilines is 1. The molecule has 1 atom stereocenters. The molecule has 0 saturated carbocycles. The van der Waals surface area contributed by atoms with Crippen LogP contribution in [-0.2, 0) is 0 Å². The van der Waals surface area contributed by atoms with Crippen molar-refractivity contribution in [2.45, 2.75) is 19.9 Å². The highest BCUT2D eigenvalue weighted by Gasteiger charge is 2.29. The molecular formula is C24H26N4O3. The molecule has 7 heteroatoms. The number of para-hydroxylation sites is 2. The Labute approximate surface area is 182 Å². The van der Waals surface area contributed by atoms with E-state index in [0.29, 0.717) is 37.0 Å². The molecule has 1 aliphatic rings. The van der Waals surface area contributed by atoms with Crippen molar-refractivity contribution in [3.8, 4) is 17.4 Å². The lowest BCUT2D eigenvalue weighted by Gasteiger charge is -2.40. The van der Waals surface area contributed by atoms with Crippen LogP contribution in [-0.4, -0.2) is 53.6 Å². The van der Waals surface area contributed by atoms with Crippen LogP contribution in [0.4, 0.5) is 5.82 Å². The van der Waals surface area contributed by atoms with Crippen molar-refractivity contribution in [3.63, 3.8) is 0 Å². The number of amides is 1. The van der Waals surface area contributed by atoms with Crippen molar-refractivity contribution in [1.29, 1.82) is 0 Å². The van der Waals surface area contributed by atoms with Crippen molar-refractivity contribution in [1.82, 2.24) is 14.9 Å². The Kier molecular flexibility index (Phi) is 6.02. The third-order valence-corrected chi connectivity index (χ3v) is 5.42. The first-order chi connectivity index (χ1) is 15.0. The monoisotopic (exact) mass is 418 g/mol. The van der Waals surface area contributed by atoms with Gasteiger partial charge in [-0.15, -0.1) is 0 Å². The third kappa shape index (κ3) is 4.60. The molecule has 0 spiro atoms. The number of hydrogen-bond donors (Lipinski definition) is 0. The molecule has 2 heterocycles. The summed E-state index contributed by atoms with van der Waals surface area (Å²) in [7, 11) is 1.60. The number of methoxy groups -OCH3 is 1. The van der Waals surface area contributed by atoms with E-state index in [1.54, 1.807) is 7.11 Å². The first-order valence-corrected chi connectivity index (χ1v) is 10.3. The molecule has 1 amide bonds. The molecule has 1 aromatic heterocycles. The number of rotatable bonds is 5. The van der Waals surface area contributed by atoms with Gasteiger partial charge in [0.05, 0.1) is 7.11 Å². The predicted octanol–water partition coefficient (Wildman–Crippen LogP) is 3.94. The lowest BCUT2D eigenvalue weighted by molar-refractivity contribution is 0.0673. The topological polar surface area (TPSA) is 67.8 Å². The molecule has 0 radical (unpaired) electrons. The highest BCUT2D eigenvalue weighted by molar-refractivity contribution is 5.94. The highest BCUT2D eigenvalue weighted by Crippen LogP contribution is 2.31. The maximum Gasteiger partial charge on any atom is 0.254 e. The van der Waals surface area contributed by atoms with Gasteiger partial charge in [-0.2, -0.15) is 0 Å². The van der Waals surface area contributed by atoms with Gasteiger partial charge in [0.15, 0.2) is 11.5 Å². The molecule has 31 heavy (non-hydrogen) atoms. The van der Waals surface area contributed by atoms with Crippen LogP contribution in [0.5, 0.6) is 17.4 Å². The van der Waals surface area contributed by atoms with Crippen LogP contribution in [0.1, 0.15) is 22.8 Å². The SMILES string of the molecule is COc1ccccc1Oc1cc(N2CCN(C(=O)c3ccc(C)cc3)C(C)C2)ncn1. The third-order valence-electron chi connectivity index (χ3n) is 5.42. The van der Waals surface area contributed by atoms with Crippen molar-refractivity contribution < 1.29 is 14.3 Å². The van der Waals surface area contributed by atoms with Gasteiger partial charge in [0.25, 0.3) is 5.91 Å². The van der Waals surface area contributed by atoms with Crippen molar-refractivity contribution in [3.05, 3.63) is 72.1 Å². The second kappa shape index (κ2) is 9.04. The average Bonchev–Trinajstić information content (AvgIpc) is 2.79. The summed E-state index contributed by atoms with van der Waals surface area (Å²) in [5.41, 5.74) is 1.87. The van der Waals surface area contributed by atoms with E-state index in [-0.39, 0.29) is 11.9 Å². The summed E-state index contributed by atoms with van der Waals surface area (Å²) in [6.07, 6.45) is 1.49. The van der Waals surface area contributed by atoms with E-state index in [9.17, 15) is 4.79 Å². The fourth-order valence-electron chi connectivity index (χ4n) is 3.70. The smallest absolute Gasteiger partial charge is 0.254 e. The molecule has 3 aromatic rings. The molecule has 2 aromatic carbocycles. The minimum absolute atomic E-state index is 0.0519. The molecule has 7 nitrogen and oxygen atoms in total. The number of aryl methyl sites for hydroxylation is 1. The van der Waals surface area contributed by atoms with E-state index in [1.807, 2.05) is 66.4 Å². The fourth-order valence-corrected chi connectivity index (χ4v) is 3.70. The van der Waals surface area contributed by atoms with Crippen LogP contribution < -0.4 is 14.4 Å². The summed E-state index contributed by atoms with van der Waals surface area (Å²) in [4.78, 5) is 25.7. The van der Waals surface area contributed by atoms with E-state index in [2.05, 4.69) is 21.8 Å². The maximum atomic E-state index is 12.9. The van der Waals surface area contributed by atoms with Gasteiger partial charge in [0, 0.05) is 37.3 Å². The van der Waals surface area contributed by atoms with Gasteiger partial charge < -0.3 is 19.3 Å². The Morgan fingerprint density at radius 1 is 1.03 bits per heavy atom. The van der Waals surface area contributed by atoms with Gasteiger partial charge in [-0.05, 0) is 38.1 Å². The predicted molar refractivity (Wildman–Crippen MR) is 119 cm³/mol. The number of benzene rings is 2. The Morgan fingerprint density at radius 2 is 1.77 bits per heavy atom. The average molecular weight is 418 g/mol. The van der Waals surface area contributed by atoms with Gasteiger partial charge in [0.1, 0.15) is 12.1 Å². The molecule has 0 aliphatic carbocycles. The number of aromatic nitrogens is 2. The zero-order valence-electron chi connectivity index (χ0n) is 18.0. The van der Waals surface area contributed by atoms with Crippen molar-refractivity contribution in [2.24, 2.45) is 0 Å². The molecule has 160 valence electrons. The summed E-state index contributed by atoms with van der Waals surface area (Å²) in [5, 5.41) is 0. The number of piperazine rings is 1. The van der Waals surface area contributed by atoms with E-state index >= 15 is 0 Å². The Balaban J connectivity index is 1.45. The minimum Gasteiger partial charge on any atom is -0.493 e. The second-order valence-electron chi connectivity index (χ2n) is 7.63. The fraction of sp³-hybridized carbons (Fsp3) is 0.292. The summed E-state index contributed by atoms with van der Waals surface area (Å²) >= 11 is 0. The molecule has 1 aliphatic heterocycles. The minimum atomic E-state index is 0.0519. The molecule has 0 N–H and O–H groups in total. The van der Waals surface area contributed by atoms with Crippen LogP contribution in [0, 0.1) is 6.92 Å². The van der Waals surface area contributed by atoms with Crippen LogP contribution in [0.25, 0.3) is 0 Å². The summed E-state index contributed by atoms with van der Waals surface area (Å²) < 4.78 is 11.3. The van der Waals surface area contributed by atoms with Crippen molar-refractivity contribution in [2.75, 3.05) is 31.6 Å². The lowest BCUT2D eigenvalue weighted by atomic mass is 10.1. The molecule has 1 saturated heterocycles. The number of hydrogen-bond acceptors (Lipinski definition) is 6. The van der Waals surface area contributed by atoms with E-state index in [1.165, 1.54) is 6.33 Å². The first-order valence-electron chi connectivity index (χ1n) is 10.3. The number of ether oxygens (including phenoxy) is 2. The molecule has 0 bridgehead atoms. The van der Waals surface area contributed by atoms with Crippen molar-refractivity contribution >= 4 is 11.7 Å². The van der Waals surface area contributed by atoms with Crippen LogP contribution >= 0.6 is 0 Å². The van der Waals surface area contributed by atoms with E-state index < -0.39 is 0 Å². The van der Waals surface area contributed by atoms with Crippen LogP contribution in [0.3, 0.4) is 0 Å². The second-order valence-corrected chi connectivity index (χ2v) is 7.63. The summed E-state index contributed by atoms with van der Waals surface area (Å²) in [6.45, 7) is 6.07. The molecule has 1 unspecified atom stereocenters. The summed E-state index contributed by atoms with van der Waals surface area (Å²) in [5.74, 6) is 2.51. The van der Waals surface area contributed by atoms with Gasteiger partial charge in [0.2, 0.25) is 5.88 Å². The largest absolute Gasteiger partial charge is 0.493 e. The number of carbonyl (C=O) groups excluding carboxylic acids is 1. The zero-order valence-corrected chi connectivity index (χ0v) is 18.0. The van der Waals surface area contributed by atoms with Gasteiger partial charge in [-0.3, -0.25) is 4.79 Å². The molecule has 4 rings (SSSR count). The first kappa shape index (κ1) is 20.7. The lowest BCUT2D eigenvalue weighted by Crippen LogP contribution is -2.54. The zero-order chi connectivity index (χ0) is 21.8. The molecular weight excluding hydrogens is 392 g/mol. The Bertz CT molecular complexity index is 1050. The van der Waals surface area contributed by atoms with Gasteiger partial charge in [-0.1, -0.05) is 29.8 Å². The number of carbonyl (C=O) groups is 1. The molecule has 1 fully saturated rings. The standard InChI is InChI=1S/C24H26N4O3/c1-17-8-10-19(11-9-17)24(29)28-13-12-27(15-18(28)2)22-14-23(26-16-25-22)31-21-7-5-4-6-20(21)30-3/h4-11,14,16,18H,12-13,15H2,1-3H3. The Hall–Kier alpha value is -3.61. The maximum absolute atomic E-state index is 12.9. The summed E-state index contributed by atoms with van der Waals surface area (Å²) in [6, 6.07) is 17.0. The van der Waals surface area contributed by atoms with Gasteiger partial charge in [-0.25, -0.2) is 9.97 Å². The Morgan fingerprint density at radius 3 is 2.48 bits per heavy atom.